The Morgan fingerprint density at radius 2 is 2.12 bits per heavy atom. The SMILES string of the molecule is C=COP(=O)(O)C=C. The molecule has 46 valence electrons. The van der Waals surface area contributed by atoms with Gasteiger partial charge in [-0.2, -0.15) is 0 Å². The van der Waals surface area contributed by atoms with E-state index in [1.54, 1.807) is 0 Å². The van der Waals surface area contributed by atoms with E-state index in [9.17, 15) is 4.57 Å². The lowest BCUT2D eigenvalue weighted by molar-refractivity contribution is 0.361. The second kappa shape index (κ2) is 2.70. The predicted molar refractivity (Wildman–Crippen MR) is 31.3 cm³/mol. The molecule has 0 aliphatic rings. The van der Waals surface area contributed by atoms with Crippen molar-refractivity contribution in [2.75, 3.05) is 0 Å². The van der Waals surface area contributed by atoms with E-state index < -0.39 is 7.60 Å². The average molecular weight is 134 g/mol. The van der Waals surface area contributed by atoms with E-state index in [-0.39, 0.29) is 0 Å². The fourth-order valence-electron chi connectivity index (χ4n) is 0.150. The summed E-state index contributed by atoms with van der Waals surface area (Å²) < 4.78 is 14.5. The maximum atomic E-state index is 10.3. The van der Waals surface area contributed by atoms with Crippen molar-refractivity contribution in [1.29, 1.82) is 0 Å². The lowest BCUT2D eigenvalue weighted by Crippen LogP contribution is -1.73. The molecule has 8 heavy (non-hydrogen) atoms. The molecule has 0 heterocycles. The van der Waals surface area contributed by atoms with Crippen molar-refractivity contribution in [1.82, 2.24) is 0 Å². The smallest absolute Gasteiger partial charge is 0.399 e. The minimum atomic E-state index is -3.53. The average Bonchev–Trinajstić information content (AvgIpc) is 1.67. The van der Waals surface area contributed by atoms with Crippen LogP contribution in [-0.2, 0) is 9.09 Å². The Hall–Kier alpha value is -0.530. The molecule has 0 aromatic carbocycles. The van der Waals surface area contributed by atoms with Crippen molar-refractivity contribution in [3.63, 3.8) is 0 Å². The van der Waals surface area contributed by atoms with E-state index in [0.717, 1.165) is 12.1 Å². The molecule has 0 saturated carbocycles. The maximum Gasteiger partial charge on any atom is 0.399 e. The predicted octanol–water partition coefficient (Wildman–Crippen LogP) is 1.48. The molecule has 1 atom stereocenters. The fourth-order valence-corrected chi connectivity index (χ4v) is 0.449. The van der Waals surface area contributed by atoms with Crippen molar-refractivity contribution in [2.24, 2.45) is 0 Å². The van der Waals surface area contributed by atoms with Gasteiger partial charge in [-0.15, -0.1) is 0 Å². The van der Waals surface area contributed by atoms with Crippen LogP contribution in [0.5, 0.6) is 0 Å². The van der Waals surface area contributed by atoms with Crippen molar-refractivity contribution in [2.45, 2.75) is 0 Å². The Morgan fingerprint density at radius 1 is 1.62 bits per heavy atom. The van der Waals surface area contributed by atoms with E-state index in [4.69, 9.17) is 4.89 Å². The lowest BCUT2D eigenvalue weighted by atomic mass is 11.2. The Balaban J connectivity index is 3.91. The van der Waals surface area contributed by atoms with Gasteiger partial charge in [0.2, 0.25) is 0 Å². The molecule has 4 heteroatoms. The van der Waals surface area contributed by atoms with Crippen LogP contribution in [0, 0.1) is 0 Å². The highest BCUT2D eigenvalue weighted by Crippen LogP contribution is 2.42. The van der Waals surface area contributed by atoms with Gasteiger partial charge in [-0.1, -0.05) is 13.2 Å². The second-order valence-electron chi connectivity index (χ2n) is 1.02. The Kier molecular flexibility index (Phi) is 2.52. The summed E-state index contributed by atoms with van der Waals surface area (Å²) in [7, 11) is -3.53. The van der Waals surface area contributed by atoms with Gasteiger partial charge in [-0.05, 0) is 0 Å². The third-order valence-corrected chi connectivity index (χ3v) is 1.37. The summed E-state index contributed by atoms with van der Waals surface area (Å²) in [6, 6.07) is 0. The number of rotatable bonds is 3. The van der Waals surface area contributed by atoms with Gasteiger partial charge in [-0.3, -0.25) is 0 Å². The first-order valence-corrected chi connectivity index (χ1v) is 3.52. The highest BCUT2D eigenvalue weighted by atomic mass is 31.2. The summed E-state index contributed by atoms with van der Waals surface area (Å²) in [6.45, 7) is 6.16. The Morgan fingerprint density at radius 3 is 2.25 bits per heavy atom. The molecule has 0 aromatic heterocycles. The van der Waals surface area contributed by atoms with Gasteiger partial charge in [0, 0.05) is 5.82 Å². The van der Waals surface area contributed by atoms with Gasteiger partial charge in [0.15, 0.2) is 0 Å². The molecule has 0 aromatic rings. The van der Waals surface area contributed by atoms with Crippen molar-refractivity contribution in [3.8, 4) is 0 Å². The summed E-state index contributed by atoms with van der Waals surface area (Å²) in [5.41, 5.74) is 0. The first-order chi connectivity index (χ1) is 3.62. The van der Waals surface area contributed by atoms with Crippen LogP contribution in [0.4, 0.5) is 0 Å². The topological polar surface area (TPSA) is 46.5 Å². The third-order valence-electron chi connectivity index (χ3n) is 0.456. The van der Waals surface area contributed by atoms with Crippen LogP contribution in [0.1, 0.15) is 0 Å². The molecule has 1 N–H and O–H groups in total. The molecular weight excluding hydrogens is 127 g/mol. The molecule has 0 aliphatic carbocycles. The van der Waals surface area contributed by atoms with Gasteiger partial charge in [-0.25, -0.2) is 4.57 Å². The standard InChI is InChI=1S/C4H7O3P/c1-3-7-8(5,6)4-2/h3-4H,1-2H2,(H,5,6). The van der Waals surface area contributed by atoms with Crippen LogP contribution < -0.4 is 0 Å². The van der Waals surface area contributed by atoms with E-state index in [0.29, 0.717) is 0 Å². The number of hydrogen-bond acceptors (Lipinski definition) is 2. The van der Waals surface area contributed by atoms with Crippen LogP contribution in [-0.4, -0.2) is 4.89 Å². The first kappa shape index (κ1) is 7.47. The first-order valence-electron chi connectivity index (χ1n) is 1.88. The monoisotopic (exact) mass is 134 g/mol. The molecule has 0 fully saturated rings. The van der Waals surface area contributed by atoms with Crippen molar-refractivity contribution < 1.29 is 14.0 Å². The molecule has 3 nitrogen and oxygen atoms in total. The molecule has 0 bridgehead atoms. The molecule has 0 rings (SSSR count). The summed E-state index contributed by atoms with van der Waals surface area (Å²) in [4.78, 5) is 8.47. The van der Waals surface area contributed by atoms with Gasteiger partial charge in [0.1, 0.15) is 0 Å². The molecule has 0 aliphatic heterocycles. The van der Waals surface area contributed by atoms with E-state index in [1.165, 1.54) is 0 Å². The highest BCUT2D eigenvalue weighted by molar-refractivity contribution is 7.56. The second-order valence-corrected chi connectivity index (χ2v) is 2.72. The van der Waals surface area contributed by atoms with Gasteiger partial charge in [0.05, 0.1) is 6.26 Å². The molecule has 0 radical (unpaired) electrons. The highest BCUT2D eigenvalue weighted by Gasteiger charge is 2.09. The number of hydrogen-bond donors (Lipinski definition) is 1. The third kappa shape index (κ3) is 2.61. The fraction of sp³-hybridized carbons (Fsp3) is 0. The zero-order valence-electron chi connectivity index (χ0n) is 4.28. The van der Waals surface area contributed by atoms with Gasteiger partial charge in [0.25, 0.3) is 0 Å². The molecule has 1 unspecified atom stereocenters. The normalized spacial score (nSPS) is 16.1. The largest absolute Gasteiger partial charge is 0.430 e. The van der Waals surface area contributed by atoms with E-state index in [1.807, 2.05) is 0 Å². The quantitative estimate of drug-likeness (QED) is 0.469. The summed E-state index contributed by atoms with van der Waals surface area (Å²) >= 11 is 0. The van der Waals surface area contributed by atoms with Crippen molar-refractivity contribution in [3.05, 3.63) is 25.2 Å². The zero-order chi connectivity index (χ0) is 6.62. The van der Waals surface area contributed by atoms with Crippen molar-refractivity contribution >= 4 is 7.60 Å². The molecule has 0 saturated heterocycles. The van der Waals surface area contributed by atoms with E-state index >= 15 is 0 Å². The van der Waals surface area contributed by atoms with Crippen LogP contribution in [0.3, 0.4) is 0 Å². The minimum Gasteiger partial charge on any atom is -0.430 e. The van der Waals surface area contributed by atoms with Crippen LogP contribution in [0.25, 0.3) is 0 Å². The van der Waals surface area contributed by atoms with Gasteiger partial charge < -0.3 is 9.42 Å². The Bertz CT molecular complexity index is 140. The minimum absolute atomic E-state index is 0.842. The summed E-state index contributed by atoms with van der Waals surface area (Å²) in [6.07, 6.45) is 0.905. The Labute approximate surface area is 47.8 Å². The zero-order valence-corrected chi connectivity index (χ0v) is 5.17. The maximum absolute atomic E-state index is 10.3. The van der Waals surface area contributed by atoms with Crippen LogP contribution in [0.15, 0.2) is 25.2 Å². The van der Waals surface area contributed by atoms with Crippen LogP contribution >= 0.6 is 7.60 Å². The molecule has 0 amide bonds. The van der Waals surface area contributed by atoms with Gasteiger partial charge >= 0.3 is 7.60 Å². The summed E-state index contributed by atoms with van der Waals surface area (Å²) in [5, 5.41) is 0. The van der Waals surface area contributed by atoms with E-state index in [2.05, 4.69) is 17.7 Å². The molecule has 0 spiro atoms. The molecular formula is C4H7O3P. The van der Waals surface area contributed by atoms with Crippen LogP contribution in [0.2, 0.25) is 0 Å². The lowest BCUT2D eigenvalue weighted by Gasteiger charge is -2.01. The summed E-state index contributed by atoms with van der Waals surface area (Å²) in [5.74, 6) is 0.842.